The maximum absolute atomic E-state index is 11.9. The number of hydrogen-bond acceptors (Lipinski definition) is 2. The second-order valence-electron chi connectivity index (χ2n) is 4.74. The van der Waals surface area contributed by atoms with Gasteiger partial charge in [-0.05, 0) is 23.6 Å². The topological polar surface area (TPSA) is 62.0 Å². The fraction of sp³-hybridized carbons (Fsp3) is 0.200. The van der Waals surface area contributed by atoms with E-state index >= 15 is 0 Å². The van der Waals surface area contributed by atoms with Crippen LogP contribution >= 0.6 is 0 Å². The van der Waals surface area contributed by atoms with E-state index in [1.165, 1.54) is 17.2 Å². The van der Waals surface area contributed by atoms with Crippen molar-refractivity contribution in [3.05, 3.63) is 69.6 Å². The maximum atomic E-state index is 11.9. The van der Waals surface area contributed by atoms with E-state index in [0.717, 1.165) is 6.42 Å². The highest BCUT2D eigenvalue weighted by Crippen LogP contribution is 2.33. The van der Waals surface area contributed by atoms with Crippen molar-refractivity contribution < 1.29 is 4.79 Å². The molecule has 1 unspecified atom stereocenters. The Morgan fingerprint density at radius 3 is 2.84 bits per heavy atom. The summed E-state index contributed by atoms with van der Waals surface area (Å²) in [6, 6.07) is 12.8. The van der Waals surface area contributed by atoms with Gasteiger partial charge < -0.3 is 10.3 Å². The van der Waals surface area contributed by atoms with E-state index in [0.29, 0.717) is 18.2 Å². The van der Waals surface area contributed by atoms with Gasteiger partial charge in [0, 0.05) is 18.5 Å². The third kappa shape index (κ3) is 2.29. The maximum Gasteiger partial charge on any atom is 0.267 e. The number of H-pyrrole nitrogens is 1. The third-order valence-corrected chi connectivity index (χ3v) is 3.48. The molecule has 0 radical (unpaired) electrons. The summed E-state index contributed by atoms with van der Waals surface area (Å²) in [5.41, 5.74) is 2.71. The number of rotatable bonds is 3. The highest BCUT2D eigenvalue weighted by Gasteiger charge is 2.25. The zero-order chi connectivity index (χ0) is 13.2. The molecule has 1 aromatic carbocycles. The molecule has 0 saturated carbocycles. The first-order valence-electron chi connectivity index (χ1n) is 6.29. The van der Waals surface area contributed by atoms with E-state index in [9.17, 15) is 9.59 Å². The van der Waals surface area contributed by atoms with Gasteiger partial charge in [0.1, 0.15) is 5.69 Å². The summed E-state index contributed by atoms with van der Waals surface area (Å²) in [4.78, 5) is 25.5. The molecule has 0 aliphatic heterocycles. The van der Waals surface area contributed by atoms with Crippen molar-refractivity contribution in [1.82, 2.24) is 10.3 Å². The van der Waals surface area contributed by atoms with Crippen molar-refractivity contribution in [2.45, 2.75) is 12.3 Å². The molecule has 1 heterocycles. The van der Waals surface area contributed by atoms with Crippen molar-refractivity contribution in [2.24, 2.45) is 0 Å². The molecule has 0 saturated heterocycles. The van der Waals surface area contributed by atoms with Crippen molar-refractivity contribution in [1.29, 1.82) is 0 Å². The number of aromatic nitrogens is 1. The molecular formula is C15H14N2O2. The Morgan fingerprint density at radius 2 is 2.05 bits per heavy atom. The Balaban J connectivity index is 1.62. The normalized spacial score (nSPS) is 16.3. The standard InChI is InChI=1S/C15H14N2O2/c18-14-7-3-6-13(17-14)15(19)16-9-11-8-10-4-1-2-5-12(10)11/h1-7,11H,8-9H2,(H,16,19)(H,17,18). The first kappa shape index (κ1) is 11.7. The molecule has 4 heteroatoms. The molecule has 0 spiro atoms. The van der Waals surface area contributed by atoms with E-state index in [-0.39, 0.29) is 11.5 Å². The van der Waals surface area contributed by atoms with Gasteiger partial charge in [-0.15, -0.1) is 0 Å². The SMILES string of the molecule is O=C(NCC1Cc2ccccc21)c1cccc(=O)[nH]1. The number of nitrogens with one attached hydrogen (secondary N) is 2. The molecule has 2 aromatic rings. The van der Waals surface area contributed by atoms with Gasteiger partial charge in [0.15, 0.2) is 0 Å². The number of benzene rings is 1. The Hall–Kier alpha value is -2.36. The molecule has 0 bridgehead atoms. The fourth-order valence-corrected chi connectivity index (χ4v) is 2.44. The second-order valence-corrected chi connectivity index (χ2v) is 4.74. The van der Waals surface area contributed by atoms with Crippen molar-refractivity contribution in [3.63, 3.8) is 0 Å². The van der Waals surface area contributed by atoms with E-state index in [1.54, 1.807) is 12.1 Å². The number of carbonyl (C=O) groups is 1. The fourth-order valence-electron chi connectivity index (χ4n) is 2.44. The van der Waals surface area contributed by atoms with Gasteiger partial charge >= 0.3 is 0 Å². The molecule has 2 N–H and O–H groups in total. The van der Waals surface area contributed by atoms with Gasteiger partial charge in [0.05, 0.1) is 0 Å². The van der Waals surface area contributed by atoms with Crippen LogP contribution in [0.2, 0.25) is 0 Å². The summed E-state index contributed by atoms with van der Waals surface area (Å²) in [6.45, 7) is 0.604. The van der Waals surface area contributed by atoms with Crippen LogP contribution < -0.4 is 10.9 Å². The van der Waals surface area contributed by atoms with Crippen molar-refractivity contribution >= 4 is 5.91 Å². The Bertz CT molecular complexity index is 676. The third-order valence-electron chi connectivity index (χ3n) is 3.48. The first-order chi connectivity index (χ1) is 9.24. The van der Waals surface area contributed by atoms with Crippen LogP contribution in [-0.2, 0) is 6.42 Å². The zero-order valence-electron chi connectivity index (χ0n) is 10.3. The quantitative estimate of drug-likeness (QED) is 0.870. The lowest BCUT2D eigenvalue weighted by molar-refractivity contribution is 0.0945. The Morgan fingerprint density at radius 1 is 1.21 bits per heavy atom. The lowest BCUT2D eigenvalue weighted by atomic mass is 9.77. The van der Waals surface area contributed by atoms with Crippen LogP contribution in [-0.4, -0.2) is 17.4 Å². The Kier molecular flexibility index (Phi) is 2.91. The lowest BCUT2D eigenvalue weighted by Gasteiger charge is -2.30. The highest BCUT2D eigenvalue weighted by molar-refractivity contribution is 5.92. The highest BCUT2D eigenvalue weighted by atomic mass is 16.2. The van der Waals surface area contributed by atoms with Crippen LogP contribution in [0.15, 0.2) is 47.3 Å². The zero-order valence-corrected chi connectivity index (χ0v) is 10.3. The van der Waals surface area contributed by atoms with Crippen LogP contribution in [0.3, 0.4) is 0 Å². The van der Waals surface area contributed by atoms with Gasteiger partial charge in [-0.2, -0.15) is 0 Å². The summed E-state index contributed by atoms with van der Waals surface area (Å²) in [6.07, 6.45) is 1.00. The molecule has 1 amide bonds. The Labute approximate surface area is 110 Å². The van der Waals surface area contributed by atoms with Crippen LogP contribution in [0, 0.1) is 0 Å². The van der Waals surface area contributed by atoms with E-state index in [4.69, 9.17) is 0 Å². The molecule has 0 fully saturated rings. The number of fused-ring (bicyclic) bond motifs is 1. The van der Waals surface area contributed by atoms with Gasteiger partial charge in [-0.3, -0.25) is 9.59 Å². The summed E-state index contributed by atoms with van der Waals surface area (Å²) in [7, 11) is 0. The summed E-state index contributed by atoms with van der Waals surface area (Å²) in [5.74, 6) is 0.151. The largest absolute Gasteiger partial charge is 0.350 e. The van der Waals surface area contributed by atoms with Crippen LogP contribution in [0.5, 0.6) is 0 Å². The average Bonchev–Trinajstić information content (AvgIpc) is 2.39. The number of hydrogen-bond donors (Lipinski definition) is 2. The van der Waals surface area contributed by atoms with Crippen LogP contribution in [0.1, 0.15) is 27.5 Å². The number of pyridine rings is 1. The molecular weight excluding hydrogens is 240 g/mol. The molecule has 1 atom stereocenters. The van der Waals surface area contributed by atoms with Crippen molar-refractivity contribution in [2.75, 3.05) is 6.54 Å². The molecule has 96 valence electrons. The molecule has 3 rings (SSSR count). The second kappa shape index (κ2) is 4.72. The van der Waals surface area contributed by atoms with Gasteiger partial charge in [-0.25, -0.2) is 0 Å². The minimum Gasteiger partial charge on any atom is -0.350 e. The molecule has 1 aromatic heterocycles. The summed E-state index contributed by atoms with van der Waals surface area (Å²) < 4.78 is 0. The minimum atomic E-state index is -0.262. The summed E-state index contributed by atoms with van der Waals surface area (Å²) in [5, 5.41) is 2.86. The van der Waals surface area contributed by atoms with Crippen molar-refractivity contribution in [3.8, 4) is 0 Å². The molecule has 19 heavy (non-hydrogen) atoms. The minimum absolute atomic E-state index is 0.234. The monoisotopic (exact) mass is 254 g/mol. The van der Waals surface area contributed by atoms with E-state index in [2.05, 4.69) is 22.4 Å². The predicted octanol–water partition coefficient (Wildman–Crippen LogP) is 1.44. The smallest absolute Gasteiger partial charge is 0.267 e. The van der Waals surface area contributed by atoms with Gasteiger partial charge in [0.25, 0.3) is 5.91 Å². The molecule has 1 aliphatic carbocycles. The number of amides is 1. The molecule has 1 aliphatic rings. The molecule has 4 nitrogen and oxygen atoms in total. The number of carbonyl (C=O) groups excluding carboxylic acids is 1. The van der Waals surface area contributed by atoms with Gasteiger partial charge in [0.2, 0.25) is 5.56 Å². The predicted molar refractivity (Wildman–Crippen MR) is 72.3 cm³/mol. The van der Waals surface area contributed by atoms with E-state index in [1.807, 2.05) is 12.1 Å². The lowest BCUT2D eigenvalue weighted by Crippen LogP contribution is -2.34. The average molecular weight is 254 g/mol. The van der Waals surface area contributed by atoms with Gasteiger partial charge in [-0.1, -0.05) is 30.3 Å². The first-order valence-corrected chi connectivity index (χ1v) is 6.29. The van der Waals surface area contributed by atoms with Crippen LogP contribution in [0.25, 0.3) is 0 Å². The van der Waals surface area contributed by atoms with Crippen LogP contribution in [0.4, 0.5) is 0 Å². The van der Waals surface area contributed by atoms with E-state index < -0.39 is 0 Å². The summed E-state index contributed by atoms with van der Waals surface area (Å²) >= 11 is 0. The number of aromatic amines is 1.